The second kappa shape index (κ2) is 9.92. The molecule has 1 N–H and O–H groups in total. The van der Waals surface area contributed by atoms with Crippen LogP contribution in [0.4, 0.5) is 0 Å². The standard InChI is InChI=1S/C28H20Cl2INO4/c1-14-23(28(34)35-2)24(25-26(32-14)18-5-3-4-6-19(18)27(25)33)15-8-10-22(21(31)11-15)36-13-16-7-9-17(29)12-20(16)30/h3-12,24,32H,13H2,1-2H3/t24-/m1/s1. The molecule has 1 heterocycles. The maximum atomic E-state index is 13.5. The highest BCUT2D eigenvalue weighted by atomic mass is 127. The number of carbonyl (C=O) groups excluding carboxylic acids is 2. The summed E-state index contributed by atoms with van der Waals surface area (Å²) in [7, 11) is 1.34. The monoisotopic (exact) mass is 631 g/mol. The Hall–Kier alpha value is -2.81. The topological polar surface area (TPSA) is 64.6 Å². The molecule has 5 rings (SSSR count). The van der Waals surface area contributed by atoms with Gasteiger partial charge in [0.05, 0.1) is 22.0 Å². The van der Waals surface area contributed by atoms with Gasteiger partial charge in [-0.15, -0.1) is 0 Å². The van der Waals surface area contributed by atoms with Gasteiger partial charge in [0.2, 0.25) is 0 Å². The number of hydrogen-bond donors (Lipinski definition) is 1. The third-order valence-electron chi connectivity index (χ3n) is 6.34. The van der Waals surface area contributed by atoms with Gasteiger partial charge in [0.1, 0.15) is 12.4 Å². The van der Waals surface area contributed by atoms with Crippen molar-refractivity contribution in [1.82, 2.24) is 5.32 Å². The number of ketones is 1. The number of benzene rings is 3. The third kappa shape index (κ3) is 4.31. The second-order valence-electron chi connectivity index (χ2n) is 8.47. The number of carbonyl (C=O) groups is 2. The van der Waals surface area contributed by atoms with Crippen LogP contribution in [0.1, 0.15) is 39.9 Å². The molecule has 2 aliphatic rings. The van der Waals surface area contributed by atoms with Crippen molar-refractivity contribution < 1.29 is 19.1 Å². The third-order valence-corrected chi connectivity index (χ3v) is 7.77. The predicted octanol–water partition coefficient (Wildman–Crippen LogP) is 6.92. The van der Waals surface area contributed by atoms with Gasteiger partial charge >= 0.3 is 5.97 Å². The Balaban J connectivity index is 1.53. The summed E-state index contributed by atoms with van der Waals surface area (Å²) < 4.78 is 12.0. The molecule has 3 aromatic rings. The van der Waals surface area contributed by atoms with Crippen molar-refractivity contribution in [3.63, 3.8) is 0 Å². The number of nitrogens with one attached hydrogen (secondary N) is 1. The fourth-order valence-corrected chi connectivity index (χ4v) is 5.81. The molecule has 0 saturated heterocycles. The van der Waals surface area contributed by atoms with Crippen LogP contribution < -0.4 is 10.1 Å². The number of rotatable bonds is 5. The molecule has 0 aromatic heterocycles. The summed E-state index contributed by atoms with van der Waals surface area (Å²) in [4.78, 5) is 26.4. The quantitative estimate of drug-likeness (QED) is 0.245. The van der Waals surface area contributed by atoms with E-state index in [-0.39, 0.29) is 12.4 Å². The molecule has 0 bridgehead atoms. The van der Waals surface area contributed by atoms with Gasteiger partial charge in [-0.1, -0.05) is 59.6 Å². The van der Waals surface area contributed by atoms with E-state index < -0.39 is 11.9 Å². The minimum absolute atomic E-state index is 0.0975. The number of ether oxygens (including phenoxy) is 2. The number of halogens is 3. The average molecular weight is 632 g/mol. The summed E-state index contributed by atoms with van der Waals surface area (Å²) in [6.45, 7) is 2.10. The van der Waals surface area contributed by atoms with Crippen LogP contribution >= 0.6 is 45.8 Å². The first kappa shape index (κ1) is 24.9. The Kier molecular flexibility index (Phi) is 6.85. The molecule has 182 valence electrons. The van der Waals surface area contributed by atoms with E-state index in [1.54, 1.807) is 12.1 Å². The fourth-order valence-electron chi connectivity index (χ4n) is 4.65. The molecule has 0 saturated carbocycles. The Morgan fingerprint density at radius 1 is 1.06 bits per heavy atom. The number of allylic oxidation sites excluding steroid dienone is 2. The maximum Gasteiger partial charge on any atom is 0.336 e. The Morgan fingerprint density at radius 2 is 1.81 bits per heavy atom. The van der Waals surface area contributed by atoms with E-state index in [1.807, 2.05) is 55.5 Å². The van der Waals surface area contributed by atoms with Crippen molar-refractivity contribution in [2.24, 2.45) is 0 Å². The van der Waals surface area contributed by atoms with Gasteiger partial charge in [0.15, 0.2) is 5.78 Å². The predicted molar refractivity (Wildman–Crippen MR) is 148 cm³/mol. The summed E-state index contributed by atoms with van der Waals surface area (Å²) in [5, 5.41) is 4.39. The lowest BCUT2D eigenvalue weighted by molar-refractivity contribution is -0.136. The molecule has 3 aromatic carbocycles. The van der Waals surface area contributed by atoms with Crippen molar-refractivity contribution in [1.29, 1.82) is 0 Å². The molecule has 36 heavy (non-hydrogen) atoms. The largest absolute Gasteiger partial charge is 0.488 e. The van der Waals surface area contributed by atoms with Crippen LogP contribution in [-0.2, 0) is 16.1 Å². The molecule has 0 unspecified atom stereocenters. The zero-order chi connectivity index (χ0) is 25.6. The van der Waals surface area contributed by atoms with Crippen molar-refractivity contribution >= 4 is 63.2 Å². The minimum Gasteiger partial charge on any atom is -0.488 e. The van der Waals surface area contributed by atoms with E-state index in [0.717, 1.165) is 26.0 Å². The number of dihydropyridines is 1. The highest BCUT2D eigenvalue weighted by Gasteiger charge is 2.42. The Labute approximate surface area is 232 Å². The Morgan fingerprint density at radius 3 is 2.50 bits per heavy atom. The zero-order valence-electron chi connectivity index (χ0n) is 19.3. The highest BCUT2D eigenvalue weighted by Crippen LogP contribution is 2.47. The molecule has 0 fully saturated rings. The smallest absolute Gasteiger partial charge is 0.336 e. The first-order chi connectivity index (χ1) is 17.3. The summed E-state index contributed by atoms with van der Waals surface area (Å²) in [5.74, 6) is -0.496. The number of methoxy groups -OCH3 is 1. The van der Waals surface area contributed by atoms with Crippen LogP contribution in [0.15, 0.2) is 77.5 Å². The van der Waals surface area contributed by atoms with Crippen molar-refractivity contribution in [2.75, 3.05) is 7.11 Å². The summed E-state index contributed by atoms with van der Waals surface area (Å²) in [5.41, 5.74) is 5.41. The summed E-state index contributed by atoms with van der Waals surface area (Å²) in [6, 6.07) is 18.4. The van der Waals surface area contributed by atoms with E-state index in [1.165, 1.54) is 7.11 Å². The molecule has 1 aliphatic heterocycles. The van der Waals surface area contributed by atoms with Crippen LogP contribution in [0.25, 0.3) is 5.70 Å². The number of esters is 1. The maximum absolute atomic E-state index is 13.5. The molecule has 5 nitrogen and oxygen atoms in total. The zero-order valence-corrected chi connectivity index (χ0v) is 23.0. The number of hydrogen-bond acceptors (Lipinski definition) is 5. The average Bonchev–Trinajstić information content (AvgIpc) is 3.14. The molecule has 0 spiro atoms. The molecule has 0 radical (unpaired) electrons. The van der Waals surface area contributed by atoms with Crippen LogP contribution in [0.5, 0.6) is 5.75 Å². The van der Waals surface area contributed by atoms with Gasteiger partial charge < -0.3 is 14.8 Å². The first-order valence-electron chi connectivity index (χ1n) is 11.1. The Bertz CT molecular complexity index is 1490. The van der Waals surface area contributed by atoms with Crippen LogP contribution in [0.2, 0.25) is 10.0 Å². The van der Waals surface area contributed by atoms with Crippen molar-refractivity contribution in [3.8, 4) is 5.75 Å². The van der Waals surface area contributed by atoms with Crippen molar-refractivity contribution in [3.05, 3.63) is 113 Å². The summed E-state index contributed by atoms with van der Waals surface area (Å²) in [6.07, 6.45) is 0. The molecule has 1 atom stereocenters. The minimum atomic E-state index is -0.582. The summed E-state index contributed by atoms with van der Waals surface area (Å²) >= 11 is 14.5. The van der Waals surface area contributed by atoms with Gasteiger partial charge in [-0.05, 0) is 59.3 Å². The normalized spacial score (nSPS) is 16.5. The van der Waals surface area contributed by atoms with E-state index >= 15 is 0 Å². The van der Waals surface area contributed by atoms with E-state index in [0.29, 0.717) is 38.2 Å². The number of fused-ring (bicyclic) bond motifs is 2. The van der Waals surface area contributed by atoms with Gasteiger partial charge in [0.25, 0.3) is 0 Å². The molecule has 1 aliphatic carbocycles. The SMILES string of the molecule is COC(=O)C1=C(C)NC2=C(C(=O)c3ccccc32)[C@@H]1c1ccc(OCc2ccc(Cl)cc2Cl)c(I)c1. The first-order valence-corrected chi connectivity index (χ1v) is 12.9. The molecular weight excluding hydrogens is 612 g/mol. The highest BCUT2D eigenvalue weighted by molar-refractivity contribution is 14.1. The van der Waals surface area contributed by atoms with Gasteiger partial charge in [-0.25, -0.2) is 4.79 Å². The van der Waals surface area contributed by atoms with Gasteiger partial charge in [-0.2, -0.15) is 0 Å². The van der Waals surface area contributed by atoms with Crippen LogP contribution in [-0.4, -0.2) is 18.9 Å². The van der Waals surface area contributed by atoms with E-state index in [9.17, 15) is 9.59 Å². The lowest BCUT2D eigenvalue weighted by Crippen LogP contribution is -2.29. The van der Waals surface area contributed by atoms with E-state index in [2.05, 4.69) is 27.9 Å². The van der Waals surface area contributed by atoms with Gasteiger partial charge in [-0.3, -0.25) is 4.79 Å². The van der Waals surface area contributed by atoms with Crippen LogP contribution in [0, 0.1) is 3.57 Å². The molecule has 8 heteroatoms. The van der Waals surface area contributed by atoms with Crippen LogP contribution in [0.3, 0.4) is 0 Å². The molecule has 0 amide bonds. The number of Topliss-reactive ketones (excluding diaryl/α,β-unsaturated/α-hetero) is 1. The lowest BCUT2D eigenvalue weighted by atomic mass is 9.80. The fraction of sp³-hybridized carbons (Fsp3) is 0.143. The lowest BCUT2D eigenvalue weighted by Gasteiger charge is -2.29. The molecular formula is C28H20Cl2INO4. The van der Waals surface area contributed by atoms with E-state index in [4.69, 9.17) is 32.7 Å². The van der Waals surface area contributed by atoms with Crippen molar-refractivity contribution in [2.45, 2.75) is 19.4 Å². The van der Waals surface area contributed by atoms with Gasteiger partial charge in [0, 0.05) is 43.9 Å². The second-order valence-corrected chi connectivity index (χ2v) is 10.5.